The summed E-state index contributed by atoms with van der Waals surface area (Å²) in [5, 5.41) is 18.4. The van der Waals surface area contributed by atoms with E-state index in [1.807, 2.05) is 0 Å². The lowest BCUT2D eigenvalue weighted by Crippen LogP contribution is -2.22. The summed E-state index contributed by atoms with van der Waals surface area (Å²) >= 11 is 3.29. The Hall–Kier alpha value is -2.65. The molecule has 0 spiro atoms. The molecule has 0 amide bonds. The zero-order chi connectivity index (χ0) is 22.1. The number of hydrogen-bond acceptors (Lipinski definition) is 8. The molecule has 1 aromatic carbocycles. The van der Waals surface area contributed by atoms with Gasteiger partial charge >= 0.3 is 0 Å². The standard InChI is InChI=1S/C23H26N6OS2/c1-4-18-16(3)13-19(32-18)21-25-24-20(30-21)14-31-23-27-26-22(28-11-5-6-12-28)29(23)17-9-7-15(2)8-10-17/h7-10,13H,4-6,11-12,14H2,1-3H3. The van der Waals surface area contributed by atoms with Gasteiger partial charge in [-0.1, -0.05) is 36.4 Å². The van der Waals surface area contributed by atoms with Gasteiger partial charge in [-0.2, -0.15) is 0 Å². The Labute approximate surface area is 195 Å². The van der Waals surface area contributed by atoms with Crippen LogP contribution < -0.4 is 4.90 Å². The zero-order valence-electron chi connectivity index (χ0n) is 18.5. The highest BCUT2D eigenvalue weighted by molar-refractivity contribution is 7.98. The second kappa shape index (κ2) is 9.07. The minimum absolute atomic E-state index is 0.544. The molecule has 0 atom stereocenters. The number of rotatable bonds is 7. The molecule has 4 aromatic rings. The van der Waals surface area contributed by atoms with E-state index >= 15 is 0 Å². The molecule has 1 aliphatic rings. The zero-order valence-corrected chi connectivity index (χ0v) is 20.2. The summed E-state index contributed by atoms with van der Waals surface area (Å²) in [5.74, 6) is 2.63. The van der Waals surface area contributed by atoms with Gasteiger partial charge in [0, 0.05) is 18.0 Å². The van der Waals surface area contributed by atoms with Crippen molar-refractivity contribution >= 4 is 29.0 Å². The molecule has 1 fully saturated rings. The van der Waals surface area contributed by atoms with Gasteiger partial charge in [0.05, 0.1) is 16.3 Å². The van der Waals surface area contributed by atoms with E-state index in [4.69, 9.17) is 4.42 Å². The lowest BCUT2D eigenvalue weighted by Gasteiger charge is -2.18. The Morgan fingerprint density at radius 2 is 1.81 bits per heavy atom. The van der Waals surface area contributed by atoms with Crippen molar-refractivity contribution in [2.24, 2.45) is 0 Å². The Bertz CT molecular complexity index is 1200. The summed E-state index contributed by atoms with van der Waals surface area (Å²) in [5.41, 5.74) is 3.58. The van der Waals surface area contributed by atoms with Gasteiger partial charge in [-0.3, -0.25) is 4.57 Å². The van der Waals surface area contributed by atoms with Gasteiger partial charge in [0.2, 0.25) is 11.8 Å². The van der Waals surface area contributed by atoms with Crippen LogP contribution in [0.3, 0.4) is 0 Å². The van der Waals surface area contributed by atoms with Crippen LogP contribution in [0.25, 0.3) is 16.5 Å². The predicted octanol–water partition coefficient (Wildman–Crippen LogP) is 5.45. The van der Waals surface area contributed by atoms with Crippen molar-refractivity contribution in [2.45, 2.75) is 50.9 Å². The lowest BCUT2D eigenvalue weighted by molar-refractivity contribution is 0.529. The number of thioether (sulfide) groups is 1. The fourth-order valence-corrected chi connectivity index (χ4v) is 5.73. The van der Waals surface area contributed by atoms with Crippen LogP contribution in [0.1, 0.15) is 41.7 Å². The van der Waals surface area contributed by atoms with E-state index in [9.17, 15) is 0 Å². The summed E-state index contributed by atoms with van der Waals surface area (Å²) < 4.78 is 8.11. The number of aryl methyl sites for hydroxylation is 3. The molecule has 5 rings (SSSR count). The van der Waals surface area contributed by atoms with Gasteiger partial charge < -0.3 is 9.32 Å². The van der Waals surface area contributed by atoms with Gasteiger partial charge in [0.15, 0.2) is 5.16 Å². The van der Waals surface area contributed by atoms with Gasteiger partial charge in [-0.25, -0.2) is 0 Å². The average Bonchev–Trinajstić information content (AvgIpc) is 3.58. The maximum Gasteiger partial charge on any atom is 0.257 e. The number of aromatic nitrogens is 5. The summed E-state index contributed by atoms with van der Waals surface area (Å²) in [6.07, 6.45) is 3.40. The van der Waals surface area contributed by atoms with Crippen molar-refractivity contribution in [3.63, 3.8) is 0 Å². The van der Waals surface area contributed by atoms with Crippen LogP contribution in [-0.4, -0.2) is 38.1 Å². The molecule has 0 saturated carbocycles. The topological polar surface area (TPSA) is 72.9 Å². The van der Waals surface area contributed by atoms with E-state index in [1.54, 1.807) is 23.1 Å². The van der Waals surface area contributed by atoms with E-state index < -0.39 is 0 Å². The Morgan fingerprint density at radius 1 is 1.03 bits per heavy atom. The molecule has 0 unspecified atom stereocenters. The fourth-order valence-electron chi connectivity index (χ4n) is 3.91. The quantitative estimate of drug-likeness (QED) is 0.335. The lowest BCUT2D eigenvalue weighted by atomic mass is 10.2. The number of hydrogen-bond donors (Lipinski definition) is 0. The van der Waals surface area contributed by atoms with Crippen molar-refractivity contribution in [3.8, 4) is 16.5 Å². The van der Waals surface area contributed by atoms with E-state index in [2.05, 4.69) is 81.0 Å². The van der Waals surface area contributed by atoms with Crippen molar-refractivity contribution < 1.29 is 4.42 Å². The van der Waals surface area contributed by atoms with Gasteiger partial charge in [-0.05, 0) is 56.9 Å². The molecule has 7 nitrogen and oxygen atoms in total. The molecule has 0 N–H and O–H groups in total. The summed E-state index contributed by atoms with van der Waals surface area (Å²) in [6, 6.07) is 10.6. The van der Waals surface area contributed by atoms with E-state index in [-0.39, 0.29) is 0 Å². The number of anilines is 1. The van der Waals surface area contributed by atoms with Crippen LogP contribution >= 0.6 is 23.1 Å². The third-order valence-electron chi connectivity index (χ3n) is 5.64. The third kappa shape index (κ3) is 4.19. The van der Waals surface area contributed by atoms with E-state index in [1.165, 1.54) is 28.8 Å². The minimum atomic E-state index is 0.544. The van der Waals surface area contributed by atoms with Crippen LogP contribution in [0.15, 0.2) is 39.9 Å². The first-order valence-electron chi connectivity index (χ1n) is 10.9. The smallest absolute Gasteiger partial charge is 0.257 e. The Kier molecular flexibility index (Phi) is 6.01. The van der Waals surface area contributed by atoms with E-state index in [0.717, 1.165) is 41.2 Å². The first-order valence-corrected chi connectivity index (χ1v) is 12.7. The third-order valence-corrected chi connectivity index (χ3v) is 7.92. The Morgan fingerprint density at radius 3 is 2.53 bits per heavy atom. The molecule has 0 aliphatic carbocycles. The second-order valence-corrected chi connectivity index (χ2v) is 10.1. The van der Waals surface area contributed by atoms with Gasteiger partial charge in [-0.15, -0.1) is 31.7 Å². The summed E-state index contributed by atoms with van der Waals surface area (Å²) in [6.45, 7) is 8.42. The van der Waals surface area contributed by atoms with Crippen LogP contribution in [-0.2, 0) is 12.2 Å². The normalized spacial score (nSPS) is 13.9. The monoisotopic (exact) mass is 466 g/mol. The summed E-state index contributed by atoms with van der Waals surface area (Å²) in [4.78, 5) is 4.70. The number of benzene rings is 1. The minimum Gasteiger partial charge on any atom is -0.419 e. The molecule has 9 heteroatoms. The second-order valence-electron chi connectivity index (χ2n) is 8.01. The van der Waals surface area contributed by atoms with Crippen LogP contribution in [0, 0.1) is 13.8 Å². The molecule has 0 radical (unpaired) electrons. The summed E-state index contributed by atoms with van der Waals surface area (Å²) in [7, 11) is 0. The highest BCUT2D eigenvalue weighted by Gasteiger charge is 2.23. The first kappa shape index (κ1) is 21.2. The van der Waals surface area contributed by atoms with Crippen molar-refractivity contribution in [2.75, 3.05) is 18.0 Å². The molecule has 0 bridgehead atoms. The van der Waals surface area contributed by atoms with Crippen LogP contribution in [0.4, 0.5) is 5.95 Å². The largest absolute Gasteiger partial charge is 0.419 e. The first-order chi connectivity index (χ1) is 15.6. The van der Waals surface area contributed by atoms with Crippen LogP contribution in [0.2, 0.25) is 0 Å². The highest BCUT2D eigenvalue weighted by Crippen LogP contribution is 2.33. The predicted molar refractivity (Wildman–Crippen MR) is 129 cm³/mol. The number of nitrogens with zero attached hydrogens (tertiary/aromatic N) is 6. The van der Waals surface area contributed by atoms with Gasteiger partial charge in [0.25, 0.3) is 5.89 Å². The molecule has 1 saturated heterocycles. The van der Waals surface area contributed by atoms with E-state index in [0.29, 0.717) is 17.5 Å². The maximum atomic E-state index is 5.97. The number of thiophene rings is 1. The SMILES string of the molecule is CCc1sc(-c2nnc(CSc3nnc(N4CCCC4)n3-c3ccc(C)cc3)o2)cc1C. The van der Waals surface area contributed by atoms with Crippen molar-refractivity contribution in [1.29, 1.82) is 0 Å². The fraction of sp³-hybridized carbons (Fsp3) is 0.391. The van der Waals surface area contributed by atoms with Crippen LogP contribution in [0.5, 0.6) is 0 Å². The maximum absolute atomic E-state index is 5.97. The molecule has 166 valence electrons. The molecule has 3 aromatic heterocycles. The molecular formula is C23H26N6OS2. The molecule has 4 heterocycles. The molecule has 1 aliphatic heterocycles. The van der Waals surface area contributed by atoms with Crippen molar-refractivity contribution in [1.82, 2.24) is 25.0 Å². The highest BCUT2D eigenvalue weighted by atomic mass is 32.2. The average molecular weight is 467 g/mol. The van der Waals surface area contributed by atoms with Gasteiger partial charge in [0.1, 0.15) is 0 Å². The van der Waals surface area contributed by atoms with Crippen molar-refractivity contribution in [3.05, 3.63) is 52.2 Å². The molecule has 32 heavy (non-hydrogen) atoms. The molecular weight excluding hydrogens is 440 g/mol. The Balaban J connectivity index is 1.38.